The first-order valence-corrected chi connectivity index (χ1v) is 4.80. The first-order chi connectivity index (χ1) is 6.29. The van der Waals surface area contributed by atoms with E-state index < -0.39 is 6.23 Å². The topological polar surface area (TPSA) is 35.5 Å². The lowest BCUT2D eigenvalue weighted by atomic mass is 10.0. The second-order valence-corrected chi connectivity index (χ2v) is 3.73. The summed E-state index contributed by atoms with van der Waals surface area (Å²) >= 11 is 0. The van der Waals surface area contributed by atoms with Gasteiger partial charge in [-0.25, -0.2) is 0 Å². The summed E-state index contributed by atoms with van der Waals surface area (Å²) in [5, 5.41) is 12.6. The van der Waals surface area contributed by atoms with Crippen molar-refractivity contribution in [2.45, 2.75) is 25.1 Å². The molecule has 0 spiro atoms. The summed E-state index contributed by atoms with van der Waals surface area (Å²) in [5.74, 6) is 0. The van der Waals surface area contributed by atoms with Crippen molar-refractivity contribution in [2.75, 3.05) is 13.6 Å². The van der Waals surface area contributed by atoms with E-state index in [9.17, 15) is 5.11 Å². The number of nitrogens with zero attached hydrogens (tertiary/aromatic N) is 1. The molecule has 0 bridgehead atoms. The van der Waals surface area contributed by atoms with E-state index >= 15 is 0 Å². The second-order valence-electron chi connectivity index (χ2n) is 3.73. The Kier molecular flexibility index (Phi) is 2.38. The minimum Gasteiger partial charge on any atom is -0.370 e. The molecular weight excluding hydrogens is 164 g/mol. The molecule has 2 aliphatic heterocycles. The van der Waals surface area contributed by atoms with E-state index in [1.165, 1.54) is 6.42 Å². The second kappa shape index (κ2) is 3.52. The molecule has 2 atom stereocenters. The van der Waals surface area contributed by atoms with Gasteiger partial charge in [0.15, 0.2) is 0 Å². The number of rotatable bonds is 1. The van der Waals surface area contributed by atoms with Crippen LogP contribution in [0.1, 0.15) is 12.8 Å². The van der Waals surface area contributed by atoms with Gasteiger partial charge in [-0.15, -0.1) is 0 Å². The van der Waals surface area contributed by atoms with E-state index in [-0.39, 0.29) is 0 Å². The zero-order valence-corrected chi connectivity index (χ0v) is 7.90. The fraction of sp³-hybridized carbons (Fsp3) is 0.600. The smallest absolute Gasteiger partial charge is 0.148 e. The first-order valence-electron chi connectivity index (χ1n) is 4.80. The molecular formula is C10H16N2O. The van der Waals surface area contributed by atoms with E-state index in [4.69, 9.17) is 0 Å². The molecule has 0 unspecified atom stereocenters. The highest BCUT2D eigenvalue weighted by Crippen LogP contribution is 2.24. The van der Waals surface area contributed by atoms with Crippen LogP contribution in [0, 0.1) is 0 Å². The van der Waals surface area contributed by atoms with Crippen LogP contribution >= 0.6 is 0 Å². The van der Waals surface area contributed by atoms with Crippen LogP contribution in [0.4, 0.5) is 0 Å². The summed E-state index contributed by atoms with van der Waals surface area (Å²) in [4.78, 5) is 2.30. The van der Waals surface area contributed by atoms with Crippen molar-refractivity contribution in [3.63, 3.8) is 0 Å². The summed E-state index contributed by atoms with van der Waals surface area (Å²) in [6, 6.07) is 0.424. The lowest BCUT2D eigenvalue weighted by Gasteiger charge is -2.27. The summed E-state index contributed by atoms with van der Waals surface area (Å²) in [6.45, 7) is 1.14. The highest BCUT2D eigenvalue weighted by atomic mass is 16.3. The first kappa shape index (κ1) is 8.78. The van der Waals surface area contributed by atoms with Gasteiger partial charge in [-0.05, 0) is 44.3 Å². The average molecular weight is 180 g/mol. The minimum absolute atomic E-state index is 0.424. The number of hydrogen-bond acceptors (Lipinski definition) is 3. The Morgan fingerprint density at radius 2 is 2.46 bits per heavy atom. The van der Waals surface area contributed by atoms with Gasteiger partial charge in [-0.1, -0.05) is 6.08 Å². The maximum atomic E-state index is 9.69. The van der Waals surface area contributed by atoms with Crippen molar-refractivity contribution in [3.8, 4) is 0 Å². The van der Waals surface area contributed by atoms with Crippen molar-refractivity contribution in [1.82, 2.24) is 10.2 Å². The number of aliphatic hydroxyl groups is 1. The van der Waals surface area contributed by atoms with Gasteiger partial charge in [0.1, 0.15) is 6.23 Å². The van der Waals surface area contributed by atoms with Gasteiger partial charge >= 0.3 is 0 Å². The largest absolute Gasteiger partial charge is 0.370 e. The van der Waals surface area contributed by atoms with Crippen LogP contribution in [0.15, 0.2) is 23.9 Å². The zero-order chi connectivity index (χ0) is 9.26. The van der Waals surface area contributed by atoms with E-state index in [0.717, 1.165) is 18.5 Å². The molecule has 0 aromatic heterocycles. The standard InChI is InChI=1S/C10H16N2O/c1-12-7-3-5-9(12)8-4-2-6-11-10(8)13/h2,4,6,9-11,13H,3,5,7H2,1H3/t9-,10-/m1/s1. The normalized spacial score (nSPS) is 34.5. The van der Waals surface area contributed by atoms with Gasteiger partial charge in [0.05, 0.1) is 0 Å². The molecule has 0 saturated carbocycles. The van der Waals surface area contributed by atoms with E-state index in [1.807, 2.05) is 12.2 Å². The van der Waals surface area contributed by atoms with E-state index in [2.05, 4.69) is 17.3 Å². The molecule has 1 saturated heterocycles. The number of aliphatic hydroxyl groups excluding tert-OH is 1. The number of likely N-dealkylation sites (tertiary alicyclic amines) is 1. The molecule has 0 amide bonds. The van der Waals surface area contributed by atoms with Crippen LogP contribution < -0.4 is 5.32 Å². The van der Waals surface area contributed by atoms with Crippen molar-refractivity contribution in [1.29, 1.82) is 0 Å². The molecule has 1 fully saturated rings. The van der Waals surface area contributed by atoms with E-state index in [0.29, 0.717) is 6.04 Å². The Hall–Kier alpha value is -0.800. The highest BCUT2D eigenvalue weighted by Gasteiger charge is 2.28. The Morgan fingerprint density at radius 3 is 3.08 bits per heavy atom. The lowest BCUT2D eigenvalue weighted by molar-refractivity contribution is 0.165. The van der Waals surface area contributed by atoms with Crippen molar-refractivity contribution < 1.29 is 5.11 Å². The molecule has 72 valence electrons. The number of dihydropyridines is 1. The number of hydrogen-bond donors (Lipinski definition) is 2. The van der Waals surface area contributed by atoms with E-state index in [1.54, 1.807) is 6.20 Å². The highest BCUT2D eigenvalue weighted by molar-refractivity contribution is 5.26. The quantitative estimate of drug-likeness (QED) is 0.614. The third-order valence-corrected chi connectivity index (χ3v) is 2.86. The molecule has 2 aliphatic rings. The zero-order valence-electron chi connectivity index (χ0n) is 7.90. The molecule has 0 aromatic rings. The van der Waals surface area contributed by atoms with Crippen LogP contribution in [0.5, 0.6) is 0 Å². The Labute approximate surface area is 78.7 Å². The van der Waals surface area contributed by atoms with Crippen molar-refractivity contribution in [3.05, 3.63) is 23.9 Å². The van der Waals surface area contributed by atoms with Crippen LogP contribution in [-0.2, 0) is 0 Å². The molecule has 2 rings (SSSR count). The van der Waals surface area contributed by atoms with Crippen LogP contribution in [0.2, 0.25) is 0 Å². The van der Waals surface area contributed by atoms with Gasteiger partial charge in [0, 0.05) is 6.04 Å². The molecule has 2 heterocycles. The third kappa shape index (κ3) is 1.62. The number of likely N-dealkylation sites (N-methyl/N-ethyl adjacent to an activating group) is 1. The monoisotopic (exact) mass is 180 g/mol. The van der Waals surface area contributed by atoms with Crippen LogP contribution in [0.3, 0.4) is 0 Å². The summed E-state index contributed by atoms with van der Waals surface area (Å²) in [6.07, 6.45) is 7.66. The Bertz CT molecular complexity index is 247. The molecule has 3 nitrogen and oxygen atoms in total. The van der Waals surface area contributed by atoms with Crippen LogP contribution in [-0.4, -0.2) is 35.9 Å². The Balaban J connectivity index is 2.14. The van der Waals surface area contributed by atoms with Gasteiger partial charge < -0.3 is 10.4 Å². The lowest BCUT2D eigenvalue weighted by Crippen LogP contribution is -2.38. The SMILES string of the molecule is CN1CCC[C@@H]1C1=CC=CN[C@@H]1O. The molecule has 2 N–H and O–H groups in total. The summed E-state index contributed by atoms with van der Waals surface area (Å²) in [5.41, 5.74) is 1.10. The summed E-state index contributed by atoms with van der Waals surface area (Å²) in [7, 11) is 2.11. The molecule has 3 heteroatoms. The minimum atomic E-state index is -0.490. The van der Waals surface area contributed by atoms with Crippen LogP contribution in [0.25, 0.3) is 0 Å². The van der Waals surface area contributed by atoms with Gasteiger partial charge in [0.2, 0.25) is 0 Å². The average Bonchev–Trinajstić information content (AvgIpc) is 2.52. The van der Waals surface area contributed by atoms with Crippen molar-refractivity contribution >= 4 is 0 Å². The molecule has 0 aliphatic carbocycles. The van der Waals surface area contributed by atoms with Gasteiger partial charge in [-0.3, -0.25) is 4.90 Å². The Morgan fingerprint density at radius 1 is 1.62 bits per heavy atom. The maximum absolute atomic E-state index is 9.69. The maximum Gasteiger partial charge on any atom is 0.148 e. The third-order valence-electron chi connectivity index (χ3n) is 2.86. The molecule has 0 radical (unpaired) electrons. The van der Waals surface area contributed by atoms with Gasteiger partial charge in [0.25, 0.3) is 0 Å². The number of nitrogens with one attached hydrogen (secondary N) is 1. The van der Waals surface area contributed by atoms with Crippen molar-refractivity contribution in [2.24, 2.45) is 0 Å². The fourth-order valence-corrected chi connectivity index (χ4v) is 2.12. The molecule has 13 heavy (non-hydrogen) atoms. The van der Waals surface area contributed by atoms with Gasteiger partial charge in [-0.2, -0.15) is 0 Å². The predicted octanol–water partition coefficient (Wildman–Crippen LogP) is 0.442. The number of allylic oxidation sites excluding steroid dienone is 2. The predicted molar refractivity (Wildman–Crippen MR) is 52.0 cm³/mol. The summed E-state index contributed by atoms with van der Waals surface area (Å²) < 4.78 is 0. The molecule has 0 aromatic carbocycles. The fourth-order valence-electron chi connectivity index (χ4n) is 2.12.